The molecular formula is C12H18N4O. The average molecular weight is 234 g/mol. The van der Waals surface area contributed by atoms with Gasteiger partial charge in [0.05, 0.1) is 5.56 Å². The van der Waals surface area contributed by atoms with Crippen molar-refractivity contribution in [3.63, 3.8) is 0 Å². The molecule has 92 valence electrons. The summed E-state index contributed by atoms with van der Waals surface area (Å²) in [6.07, 6.45) is 5.16. The Morgan fingerprint density at radius 1 is 1.41 bits per heavy atom. The predicted molar refractivity (Wildman–Crippen MR) is 67.6 cm³/mol. The summed E-state index contributed by atoms with van der Waals surface area (Å²) in [5.74, 6) is 9.51. The predicted octanol–water partition coefficient (Wildman–Crippen LogP) is 1.38. The van der Waals surface area contributed by atoms with E-state index >= 15 is 0 Å². The van der Waals surface area contributed by atoms with E-state index in [4.69, 9.17) is 17.0 Å². The van der Waals surface area contributed by atoms with E-state index in [9.17, 15) is 0 Å². The first-order valence-electron chi connectivity index (χ1n) is 5.32. The van der Waals surface area contributed by atoms with Crippen LogP contribution in [-0.4, -0.2) is 16.6 Å². The number of hydrazine groups is 1. The minimum Gasteiger partial charge on any atom is -0.464 e. The lowest BCUT2D eigenvalue weighted by Crippen LogP contribution is -2.20. The van der Waals surface area contributed by atoms with Crippen LogP contribution in [0.3, 0.4) is 0 Å². The van der Waals surface area contributed by atoms with Crippen molar-refractivity contribution in [2.75, 3.05) is 12.0 Å². The first-order chi connectivity index (χ1) is 7.90. The fourth-order valence-corrected chi connectivity index (χ4v) is 1.22. The maximum atomic E-state index is 5.42. The molecule has 0 aliphatic heterocycles. The molecule has 5 nitrogen and oxygen atoms in total. The topological polar surface area (TPSA) is 73.1 Å². The normalized spacial score (nSPS) is 10.8. The van der Waals surface area contributed by atoms with Gasteiger partial charge in [-0.15, -0.1) is 6.42 Å². The first-order valence-corrected chi connectivity index (χ1v) is 5.32. The molecular weight excluding hydrogens is 216 g/mol. The Hall–Kier alpha value is -1.80. The van der Waals surface area contributed by atoms with Crippen LogP contribution in [0.1, 0.15) is 32.2 Å². The third-order valence-corrected chi connectivity index (χ3v) is 2.20. The number of hydrogen-bond donors (Lipinski definition) is 2. The molecule has 1 aromatic heterocycles. The van der Waals surface area contributed by atoms with Crippen molar-refractivity contribution in [1.29, 1.82) is 0 Å². The number of rotatable bonds is 3. The largest absolute Gasteiger partial charge is 0.464 e. The molecule has 0 aliphatic rings. The zero-order valence-electron chi connectivity index (χ0n) is 10.7. The van der Waals surface area contributed by atoms with Crippen molar-refractivity contribution in [2.24, 2.45) is 5.84 Å². The third kappa shape index (κ3) is 3.08. The molecule has 0 radical (unpaired) electrons. The number of aromatic nitrogens is 2. The number of hydrogen-bond acceptors (Lipinski definition) is 5. The molecule has 0 bridgehead atoms. The van der Waals surface area contributed by atoms with Crippen molar-refractivity contribution in [2.45, 2.75) is 33.1 Å². The lowest BCUT2D eigenvalue weighted by Gasteiger charge is -2.19. The molecule has 5 heteroatoms. The van der Waals surface area contributed by atoms with Crippen LogP contribution in [0.25, 0.3) is 0 Å². The molecule has 1 rings (SSSR count). The fraction of sp³-hybridized carbons (Fsp3) is 0.500. The molecule has 0 unspecified atom stereocenters. The summed E-state index contributed by atoms with van der Waals surface area (Å²) in [5.41, 5.74) is 3.10. The summed E-state index contributed by atoms with van der Waals surface area (Å²) in [4.78, 5) is 8.72. The summed E-state index contributed by atoms with van der Waals surface area (Å²) in [6.45, 7) is 8.05. The lowest BCUT2D eigenvalue weighted by atomic mass is 9.95. The van der Waals surface area contributed by atoms with Gasteiger partial charge in [-0.05, 0) is 6.92 Å². The fourth-order valence-electron chi connectivity index (χ4n) is 1.22. The van der Waals surface area contributed by atoms with Gasteiger partial charge in [0.25, 0.3) is 0 Å². The number of ether oxygens (including phenoxy) is 1. The molecule has 0 fully saturated rings. The highest BCUT2D eigenvalue weighted by Crippen LogP contribution is 2.26. The number of nitrogens with one attached hydrogen (secondary N) is 1. The molecule has 3 N–H and O–H groups in total. The van der Waals surface area contributed by atoms with Gasteiger partial charge in [0.2, 0.25) is 5.88 Å². The second-order valence-electron chi connectivity index (χ2n) is 4.71. The average Bonchev–Trinajstić information content (AvgIpc) is 2.26. The minimum absolute atomic E-state index is 0.172. The Labute approximate surface area is 102 Å². The lowest BCUT2D eigenvalue weighted by molar-refractivity contribution is 0.346. The highest BCUT2D eigenvalue weighted by molar-refractivity contribution is 5.48. The van der Waals surface area contributed by atoms with E-state index in [0.29, 0.717) is 17.5 Å². The van der Waals surface area contributed by atoms with Crippen LogP contribution in [0.4, 0.5) is 5.82 Å². The van der Waals surface area contributed by atoms with Crippen LogP contribution in [0, 0.1) is 19.3 Å². The monoisotopic (exact) mass is 234 g/mol. The summed E-state index contributed by atoms with van der Waals surface area (Å²) in [6, 6.07) is 0. The van der Waals surface area contributed by atoms with Crippen molar-refractivity contribution < 1.29 is 4.74 Å². The number of nitrogen functional groups attached to an aromatic ring is 1. The van der Waals surface area contributed by atoms with Gasteiger partial charge in [-0.3, -0.25) is 0 Å². The van der Waals surface area contributed by atoms with Gasteiger partial charge in [-0.25, -0.2) is 10.8 Å². The molecule has 0 saturated carbocycles. The zero-order valence-corrected chi connectivity index (χ0v) is 10.7. The highest BCUT2D eigenvalue weighted by atomic mass is 16.5. The van der Waals surface area contributed by atoms with Gasteiger partial charge >= 0.3 is 0 Å². The van der Waals surface area contributed by atoms with Crippen LogP contribution in [0.15, 0.2) is 0 Å². The molecule has 0 saturated heterocycles. The Bertz CT molecular complexity index is 443. The Morgan fingerprint density at radius 3 is 2.53 bits per heavy atom. The molecule has 0 spiro atoms. The number of terminal acetylenes is 1. The Morgan fingerprint density at radius 2 is 2.06 bits per heavy atom. The maximum Gasteiger partial charge on any atom is 0.222 e. The van der Waals surface area contributed by atoms with E-state index in [1.807, 2.05) is 27.7 Å². The van der Waals surface area contributed by atoms with Crippen LogP contribution in [0.5, 0.6) is 5.88 Å². The zero-order chi connectivity index (χ0) is 13.1. The quantitative estimate of drug-likeness (QED) is 0.469. The van der Waals surface area contributed by atoms with Gasteiger partial charge in [0, 0.05) is 5.41 Å². The van der Waals surface area contributed by atoms with E-state index < -0.39 is 0 Å². The molecule has 0 atom stereocenters. The standard InChI is InChI=1S/C12H18N4O/c1-6-7-17-10-8(2)9(16-13)14-11(15-10)12(3,4)5/h1H,7,13H2,2-5H3,(H,14,15,16). The van der Waals surface area contributed by atoms with Crippen LogP contribution < -0.4 is 16.0 Å². The van der Waals surface area contributed by atoms with E-state index in [0.717, 1.165) is 5.56 Å². The second-order valence-corrected chi connectivity index (χ2v) is 4.71. The molecule has 1 heterocycles. The van der Waals surface area contributed by atoms with E-state index in [-0.39, 0.29) is 12.0 Å². The smallest absolute Gasteiger partial charge is 0.222 e. The van der Waals surface area contributed by atoms with Crippen molar-refractivity contribution in [3.05, 3.63) is 11.4 Å². The summed E-state index contributed by atoms with van der Waals surface area (Å²) < 4.78 is 5.38. The van der Waals surface area contributed by atoms with Gasteiger partial charge in [-0.2, -0.15) is 4.98 Å². The molecule has 1 aromatic rings. The summed E-state index contributed by atoms with van der Waals surface area (Å²) in [5, 5.41) is 0. The van der Waals surface area contributed by atoms with Gasteiger partial charge < -0.3 is 10.2 Å². The highest BCUT2D eigenvalue weighted by Gasteiger charge is 2.21. The Balaban J connectivity index is 3.24. The van der Waals surface area contributed by atoms with Gasteiger partial charge in [0.15, 0.2) is 12.4 Å². The summed E-state index contributed by atoms with van der Waals surface area (Å²) >= 11 is 0. The van der Waals surface area contributed by atoms with Crippen LogP contribution in [0.2, 0.25) is 0 Å². The maximum absolute atomic E-state index is 5.42. The molecule has 0 amide bonds. The van der Waals surface area contributed by atoms with Crippen LogP contribution >= 0.6 is 0 Å². The van der Waals surface area contributed by atoms with Crippen LogP contribution in [-0.2, 0) is 5.41 Å². The summed E-state index contributed by atoms with van der Waals surface area (Å²) in [7, 11) is 0. The van der Waals surface area contributed by atoms with E-state index in [1.54, 1.807) is 0 Å². The molecule has 0 aromatic carbocycles. The minimum atomic E-state index is -0.187. The van der Waals surface area contributed by atoms with Crippen molar-refractivity contribution in [1.82, 2.24) is 9.97 Å². The first kappa shape index (κ1) is 13.3. The Kier molecular flexibility index (Phi) is 3.92. The number of nitrogens with zero attached hydrogens (tertiary/aromatic N) is 2. The SMILES string of the molecule is C#CCOc1nc(C(C)(C)C)nc(NN)c1C. The number of anilines is 1. The number of nitrogens with two attached hydrogens (primary N) is 1. The second kappa shape index (κ2) is 5.02. The molecule has 0 aliphatic carbocycles. The van der Waals surface area contributed by atoms with E-state index in [1.165, 1.54) is 0 Å². The third-order valence-electron chi connectivity index (χ3n) is 2.20. The van der Waals surface area contributed by atoms with Crippen molar-refractivity contribution in [3.8, 4) is 18.2 Å². The molecule has 17 heavy (non-hydrogen) atoms. The van der Waals surface area contributed by atoms with Gasteiger partial charge in [-0.1, -0.05) is 26.7 Å². The van der Waals surface area contributed by atoms with Crippen molar-refractivity contribution >= 4 is 5.82 Å². The van der Waals surface area contributed by atoms with Gasteiger partial charge in [0.1, 0.15) is 5.82 Å². The van der Waals surface area contributed by atoms with E-state index in [2.05, 4.69) is 21.3 Å².